The monoisotopic (exact) mass is 303 g/mol. The highest BCUT2D eigenvalue weighted by molar-refractivity contribution is 8.00. The molecule has 0 aliphatic rings. The number of nitrogens with zero attached hydrogens (tertiary/aromatic N) is 5. The topological polar surface area (TPSA) is 56.5 Å². The summed E-state index contributed by atoms with van der Waals surface area (Å²) in [6.45, 7) is 4.79. The molecule has 7 heteroatoms. The van der Waals surface area contributed by atoms with Gasteiger partial charge < -0.3 is 4.57 Å². The lowest BCUT2D eigenvalue weighted by Gasteiger charge is -2.05. The minimum absolute atomic E-state index is 0.795. The average Bonchev–Trinajstić information content (AvgIpc) is 3.06. The van der Waals surface area contributed by atoms with Crippen LogP contribution in [-0.4, -0.2) is 24.1 Å². The van der Waals surface area contributed by atoms with E-state index in [1.165, 1.54) is 23.3 Å². The molecule has 0 aliphatic carbocycles. The van der Waals surface area contributed by atoms with E-state index in [1.807, 2.05) is 37.3 Å². The first-order valence-electron chi connectivity index (χ1n) is 6.24. The van der Waals surface area contributed by atoms with Crippen LogP contribution in [0.15, 0.2) is 39.8 Å². The van der Waals surface area contributed by atoms with Crippen LogP contribution in [0.5, 0.6) is 0 Å². The van der Waals surface area contributed by atoms with Crippen LogP contribution in [0, 0.1) is 6.92 Å². The van der Waals surface area contributed by atoms with Crippen LogP contribution >= 0.6 is 23.3 Å². The predicted molar refractivity (Wildman–Crippen MR) is 79.9 cm³/mol. The van der Waals surface area contributed by atoms with Crippen LogP contribution in [0.3, 0.4) is 0 Å². The molecule has 0 atom stereocenters. The lowest BCUT2D eigenvalue weighted by molar-refractivity contribution is 0.687. The van der Waals surface area contributed by atoms with Gasteiger partial charge in [-0.15, -0.1) is 10.2 Å². The molecule has 0 radical (unpaired) electrons. The van der Waals surface area contributed by atoms with Crippen LogP contribution in [0.2, 0.25) is 0 Å². The molecule has 3 aromatic rings. The van der Waals surface area contributed by atoms with E-state index < -0.39 is 0 Å². The molecule has 0 aliphatic heterocycles. The van der Waals surface area contributed by atoms with Crippen molar-refractivity contribution >= 4 is 23.3 Å². The van der Waals surface area contributed by atoms with Crippen LogP contribution in [0.1, 0.15) is 12.7 Å². The molecule has 5 nitrogen and oxygen atoms in total. The van der Waals surface area contributed by atoms with Crippen molar-refractivity contribution in [1.82, 2.24) is 24.1 Å². The predicted octanol–water partition coefficient (Wildman–Crippen LogP) is 3.28. The normalized spacial score (nSPS) is 10.9. The van der Waals surface area contributed by atoms with Gasteiger partial charge in [-0.25, -0.2) is 4.98 Å². The fraction of sp³-hybridized carbons (Fsp3) is 0.231. The molecule has 0 saturated carbocycles. The van der Waals surface area contributed by atoms with E-state index in [4.69, 9.17) is 0 Å². The van der Waals surface area contributed by atoms with Crippen LogP contribution in [-0.2, 0) is 6.54 Å². The molecule has 0 N–H and O–H groups in total. The highest BCUT2D eigenvalue weighted by atomic mass is 32.2. The first-order chi connectivity index (χ1) is 9.78. The van der Waals surface area contributed by atoms with Gasteiger partial charge in [-0.1, -0.05) is 30.3 Å². The minimum Gasteiger partial charge on any atom is -0.302 e. The summed E-state index contributed by atoms with van der Waals surface area (Å²) < 4.78 is 7.17. The Kier molecular flexibility index (Phi) is 3.79. The highest BCUT2D eigenvalue weighted by Gasteiger charge is 2.15. The third-order valence-electron chi connectivity index (χ3n) is 2.75. The van der Waals surface area contributed by atoms with E-state index in [2.05, 4.69) is 31.0 Å². The third kappa shape index (κ3) is 2.59. The molecule has 102 valence electrons. The molecule has 0 fully saturated rings. The summed E-state index contributed by atoms with van der Waals surface area (Å²) in [7, 11) is 0. The van der Waals surface area contributed by atoms with Gasteiger partial charge in [0, 0.05) is 12.1 Å². The maximum atomic E-state index is 4.35. The summed E-state index contributed by atoms with van der Waals surface area (Å²) in [6.07, 6.45) is 0. The zero-order valence-electron chi connectivity index (χ0n) is 11.1. The standard InChI is InChI=1S/C13H13N5S2/c1-3-18-11(10-7-5-4-6-8-10)15-16-12(18)19-13-14-9(2)17-20-13/h4-8H,3H2,1-2H3. The second-order valence-corrected chi connectivity index (χ2v) is 6.09. The molecular weight excluding hydrogens is 290 g/mol. The third-order valence-corrected chi connectivity index (χ3v) is 4.58. The van der Waals surface area contributed by atoms with Crippen LogP contribution in [0.25, 0.3) is 11.4 Å². The van der Waals surface area contributed by atoms with Gasteiger partial charge >= 0.3 is 0 Å². The molecule has 1 aromatic carbocycles. The van der Waals surface area contributed by atoms with Gasteiger partial charge in [0.15, 0.2) is 15.3 Å². The Bertz CT molecular complexity index is 705. The zero-order chi connectivity index (χ0) is 13.9. The van der Waals surface area contributed by atoms with E-state index in [-0.39, 0.29) is 0 Å². The van der Waals surface area contributed by atoms with Crippen LogP contribution in [0.4, 0.5) is 0 Å². The van der Waals surface area contributed by atoms with Crippen molar-refractivity contribution in [2.24, 2.45) is 0 Å². The summed E-state index contributed by atoms with van der Waals surface area (Å²) >= 11 is 2.90. The number of rotatable bonds is 4. The van der Waals surface area contributed by atoms with E-state index in [0.717, 1.165) is 33.3 Å². The molecule has 20 heavy (non-hydrogen) atoms. The van der Waals surface area contributed by atoms with Crippen molar-refractivity contribution in [3.63, 3.8) is 0 Å². The van der Waals surface area contributed by atoms with Gasteiger partial charge in [0.1, 0.15) is 5.82 Å². The van der Waals surface area contributed by atoms with Crippen molar-refractivity contribution in [2.75, 3.05) is 0 Å². The van der Waals surface area contributed by atoms with E-state index in [9.17, 15) is 0 Å². The molecule has 0 unspecified atom stereocenters. The molecule has 0 bridgehead atoms. The molecule has 3 rings (SSSR count). The second-order valence-electron chi connectivity index (χ2n) is 4.13. The maximum Gasteiger partial charge on any atom is 0.198 e. The van der Waals surface area contributed by atoms with E-state index in [0.29, 0.717) is 0 Å². The van der Waals surface area contributed by atoms with Gasteiger partial charge in [-0.05, 0) is 37.1 Å². The quantitative estimate of drug-likeness (QED) is 0.740. The molecular formula is C13H13N5S2. The number of hydrogen-bond acceptors (Lipinski definition) is 6. The number of aromatic nitrogens is 5. The Morgan fingerprint density at radius 2 is 2.00 bits per heavy atom. The molecule has 0 spiro atoms. The summed E-state index contributed by atoms with van der Waals surface area (Å²) in [5.74, 6) is 1.68. The molecule has 0 saturated heterocycles. The summed E-state index contributed by atoms with van der Waals surface area (Å²) in [4.78, 5) is 4.35. The van der Waals surface area contributed by atoms with Crippen LogP contribution < -0.4 is 0 Å². The van der Waals surface area contributed by atoms with Crippen molar-refractivity contribution in [1.29, 1.82) is 0 Å². The fourth-order valence-corrected chi connectivity index (χ4v) is 3.50. The molecule has 0 amide bonds. The largest absolute Gasteiger partial charge is 0.302 e. The Morgan fingerprint density at radius 3 is 2.65 bits per heavy atom. The average molecular weight is 303 g/mol. The molecule has 2 aromatic heterocycles. The second kappa shape index (κ2) is 5.72. The summed E-state index contributed by atoms with van der Waals surface area (Å²) in [5.41, 5.74) is 1.07. The van der Waals surface area contributed by atoms with E-state index in [1.54, 1.807) is 0 Å². The summed E-state index contributed by atoms with van der Waals surface area (Å²) in [5, 5.41) is 9.44. The Hall–Kier alpha value is -1.73. The number of benzene rings is 1. The van der Waals surface area contributed by atoms with Crippen molar-refractivity contribution in [3.8, 4) is 11.4 Å². The lowest BCUT2D eigenvalue weighted by Crippen LogP contribution is -1.99. The number of hydrogen-bond donors (Lipinski definition) is 0. The Labute approximate surface area is 125 Å². The van der Waals surface area contributed by atoms with Gasteiger partial charge in [-0.2, -0.15) is 4.37 Å². The Balaban J connectivity index is 1.95. The number of aryl methyl sites for hydroxylation is 1. The maximum absolute atomic E-state index is 4.35. The van der Waals surface area contributed by atoms with Gasteiger partial charge in [-0.3, -0.25) is 0 Å². The first kappa shape index (κ1) is 13.3. The molecule has 2 heterocycles. The van der Waals surface area contributed by atoms with Gasteiger partial charge in [0.2, 0.25) is 0 Å². The zero-order valence-corrected chi connectivity index (χ0v) is 12.8. The fourth-order valence-electron chi connectivity index (χ4n) is 1.85. The van der Waals surface area contributed by atoms with Crippen molar-refractivity contribution < 1.29 is 0 Å². The minimum atomic E-state index is 0.795. The lowest BCUT2D eigenvalue weighted by atomic mass is 10.2. The SMILES string of the molecule is CCn1c(Sc2nc(C)ns2)nnc1-c1ccccc1. The van der Waals surface area contributed by atoms with Crippen molar-refractivity contribution in [2.45, 2.75) is 29.9 Å². The summed E-state index contributed by atoms with van der Waals surface area (Å²) in [6, 6.07) is 10.1. The first-order valence-corrected chi connectivity index (χ1v) is 7.83. The highest BCUT2D eigenvalue weighted by Crippen LogP contribution is 2.30. The van der Waals surface area contributed by atoms with E-state index >= 15 is 0 Å². The Morgan fingerprint density at radius 1 is 1.20 bits per heavy atom. The van der Waals surface area contributed by atoms with Crippen molar-refractivity contribution in [3.05, 3.63) is 36.2 Å². The smallest absolute Gasteiger partial charge is 0.198 e. The van der Waals surface area contributed by atoms with Gasteiger partial charge in [0.05, 0.1) is 0 Å². The van der Waals surface area contributed by atoms with Gasteiger partial charge in [0.25, 0.3) is 0 Å².